The number of H-pyrrole nitrogens is 1. The van der Waals surface area contributed by atoms with E-state index in [2.05, 4.69) is 20.9 Å². The Hall–Kier alpha value is -2.72. The highest BCUT2D eigenvalue weighted by molar-refractivity contribution is 9.10. The van der Waals surface area contributed by atoms with Crippen LogP contribution < -0.4 is 5.56 Å². The fraction of sp³-hybridized carbons (Fsp3) is 0.238. The minimum absolute atomic E-state index is 0.0394. The SMILES string of the molecule is CN(C(=O)C(F)(F)c1ccc(Br)cc1)C1COCc2[nH]c(=O)c3cc(F)c(F)cc3c21. The second-order valence-corrected chi connectivity index (χ2v) is 8.10. The van der Waals surface area contributed by atoms with Gasteiger partial charge in [0.25, 0.3) is 11.5 Å². The lowest BCUT2D eigenvalue weighted by Gasteiger charge is -2.35. The number of pyridine rings is 1. The van der Waals surface area contributed by atoms with Crippen LogP contribution in [0.2, 0.25) is 0 Å². The van der Waals surface area contributed by atoms with Gasteiger partial charge in [-0.2, -0.15) is 8.78 Å². The van der Waals surface area contributed by atoms with E-state index in [0.717, 1.165) is 29.2 Å². The number of aromatic amines is 1. The Morgan fingerprint density at radius 2 is 1.77 bits per heavy atom. The van der Waals surface area contributed by atoms with Crippen molar-refractivity contribution in [1.29, 1.82) is 0 Å². The lowest BCUT2D eigenvalue weighted by Crippen LogP contribution is -2.44. The molecule has 3 aromatic rings. The van der Waals surface area contributed by atoms with E-state index < -0.39 is 40.6 Å². The summed E-state index contributed by atoms with van der Waals surface area (Å²) in [5.74, 6) is -7.76. The van der Waals surface area contributed by atoms with Crippen LogP contribution in [0, 0.1) is 11.6 Å². The number of fused-ring (bicyclic) bond motifs is 3. The first-order valence-corrected chi connectivity index (χ1v) is 9.93. The summed E-state index contributed by atoms with van der Waals surface area (Å²) < 4.78 is 63.5. The molecule has 0 saturated carbocycles. The van der Waals surface area contributed by atoms with Gasteiger partial charge in [0.05, 0.1) is 24.6 Å². The number of hydrogen-bond acceptors (Lipinski definition) is 3. The van der Waals surface area contributed by atoms with E-state index in [1.54, 1.807) is 0 Å². The van der Waals surface area contributed by atoms with Gasteiger partial charge >= 0.3 is 5.92 Å². The summed E-state index contributed by atoms with van der Waals surface area (Å²) in [6.07, 6.45) is 0. The lowest BCUT2D eigenvalue weighted by atomic mass is 9.94. The molecule has 2 aromatic carbocycles. The van der Waals surface area contributed by atoms with E-state index in [-0.39, 0.29) is 35.2 Å². The van der Waals surface area contributed by atoms with Crippen molar-refractivity contribution in [2.24, 2.45) is 0 Å². The minimum Gasteiger partial charge on any atom is -0.373 e. The summed E-state index contributed by atoms with van der Waals surface area (Å²) in [5.41, 5.74) is -0.719. The molecule has 1 amide bonds. The number of likely N-dealkylation sites (N-methyl/N-ethyl adjacent to an activating group) is 1. The van der Waals surface area contributed by atoms with Crippen LogP contribution in [0.25, 0.3) is 10.8 Å². The largest absolute Gasteiger partial charge is 0.373 e. The number of carbonyl (C=O) groups excluding carboxylic acids is 1. The molecule has 0 saturated heterocycles. The topological polar surface area (TPSA) is 62.4 Å². The molecule has 0 radical (unpaired) electrons. The van der Waals surface area contributed by atoms with Gasteiger partial charge in [-0.15, -0.1) is 0 Å². The van der Waals surface area contributed by atoms with Crippen LogP contribution >= 0.6 is 15.9 Å². The van der Waals surface area contributed by atoms with Crippen LogP contribution in [0.3, 0.4) is 0 Å². The van der Waals surface area contributed by atoms with E-state index in [1.165, 1.54) is 19.2 Å². The molecule has 10 heteroatoms. The maximum atomic E-state index is 14.9. The molecule has 2 heterocycles. The van der Waals surface area contributed by atoms with Crippen LogP contribution in [0.1, 0.15) is 22.9 Å². The van der Waals surface area contributed by atoms with Crippen molar-refractivity contribution in [3.8, 4) is 0 Å². The summed E-state index contributed by atoms with van der Waals surface area (Å²) in [5, 5.41) is -0.109. The smallest absolute Gasteiger partial charge is 0.349 e. The van der Waals surface area contributed by atoms with Crippen molar-refractivity contribution in [1.82, 2.24) is 9.88 Å². The van der Waals surface area contributed by atoms with Gasteiger partial charge in [-0.05, 0) is 29.7 Å². The molecule has 1 unspecified atom stereocenters. The van der Waals surface area contributed by atoms with Gasteiger partial charge in [0.1, 0.15) is 0 Å². The highest BCUT2D eigenvalue weighted by Gasteiger charge is 2.45. The Morgan fingerprint density at radius 1 is 1.16 bits per heavy atom. The van der Waals surface area contributed by atoms with E-state index >= 15 is 0 Å². The normalized spacial score (nSPS) is 16.3. The summed E-state index contributed by atoms with van der Waals surface area (Å²) >= 11 is 3.16. The van der Waals surface area contributed by atoms with E-state index in [9.17, 15) is 27.2 Å². The number of rotatable bonds is 3. The molecule has 0 fully saturated rings. The Bertz CT molecular complexity index is 1240. The van der Waals surface area contributed by atoms with Crippen LogP contribution in [0.4, 0.5) is 17.6 Å². The van der Waals surface area contributed by atoms with Crippen LogP contribution in [-0.4, -0.2) is 29.4 Å². The van der Waals surface area contributed by atoms with Crippen molar-refractivity contribution < 1.29 is 27.1 Å². The molecule has 1 atom stereocenters. The van der Waals surface area contributed by atoms with Gasteiger partial charge in [0.2, 0.25) is 0 Å². The number of ether oxygens (including phenoxy) is 1. The minimum atomic E-state index is -3.84. The molecule has 162 valence electrons. The Labute approximate surface area is 181 Å². The molecule has 1 N–H and O–H groups in total. The number of aromatic nitrogens is 1. The number of hydrogen-bond donors (Lipinski definition) is 1. The molecular weight excluding hydrogens is 484 g/mol. The third-order valence-electron chi connectivity index (χ3n) is 5.30. The van der Waals surface area contributed by atoms with Crippen molar-refractivity contribution in [2.75, 3.05) is 13.7 Å². The third kappa shape index (κ3) is 3.63. The monoisotopic (exact) mass is 498 g/mol. The fourth-order valence-corrected chi connectivity index (χ4v) is 3.96. The van der Waals surface area contributed by atoms with Gasteiger partial charge in [-0.3, -0.25) is 9.59 Å². The highest BCUT2D eigenvalue weighted by atomic mass is 79.9. The van der Waals surface area contributed by atoms with Gasteiger partial charge in [0.15, 0.2) is 11.6 Å². The molecular formula is C21H15BrF4N2O3. The van der Waals surface area contributed by atoms with E-state index in [0.29, 0.717) is 4.47 Å². The predicted molar refractivity (Wildman–Crippen MR) is 108 cm³/mol. The van der Waals surface area contributed by atoms with Crippen LogP contribution in [0.15, 0.2) is 45.7 Å². The van der Waals surface area contributed by atoms with Gasteiger partial charge < -0.3 is 14.6 Å². The molecule has 31 heavy (non-hydrogen) atoms. The first-order valence-electron chi connectivity index (χ1n) is 9.14. The Balaban J connectivity index is 1.81. The van der Waals surface area contributed by atoms with Gasteiger partial charge in [-0.25, -0.2) is 8.78 Å². The lowest BCUT2D eigenvalue weighted by molar-refractivity contribution is -0.162. The number of carbonyl (C=O) groups is 1. The molecule has 5 nitrogen and oxygen atoms in total. The number of halogens is 5. The molecule has 0 aliphatic carbocycles. The fourth-order valence-electron chi connectivity index (χ4n) is 3.69. The maximum absolute atomic E-state index is 14.9. The van der Waals surface area contributed by atoms with Gasteiger partial charge in [-0.1, -0.05) is 28.1 Å². The first-order chi connectivity index (χ1) is 14.6. The molecule has 1 aliphatic rings. The number of alkyl halides is 2. The van der Waals surface area contributed by atoms with Crippen molar-refractivity contribution in [3.63, 3.8) is 0 Å². The first kappa shape index (κ1) is 21.5. The molecule has 0 bridgehead atoms. The molecule has 1 aromatic heterocycles. The van der Waals surface area contributed by atoms with Gasteiger partial charge in [0, 0.05) is 28.3 Å². The second-order valence-electron chi connectivity index (χ2n) is 7.19. The maximum Gasteiger partial charge on any atom is 0.349 e. The molecule has 0 spiro atoms. The van der Waals surface area contributed by atoms with E-state index in [1.807, 2.05) is 0 Å². The molecule has 4 rings (SSSR count). The quantitative estimate of drug-likeness (QED) is 0.544. The Morgan fingerprint density at radius 3 is 2.42 bits per heavy atom. The number of nitrogens with zero attached hydrogens (tertiary/aromatic N) is 1. The average molecular weight is 499 g/mol. The van der Waals surface area contributed by atoms with Crippen molar-refractivity contribution in [3.05, 3.63) is 79.7 Å². The van der Waals surface area contributed by atoms with Crippen molar-refractivity contribution in [2.45, 2.75) is 18.6 Å². The third-order valence-corrected chi connectivity index (χ3v) is 5.83. The standard InChI is InChI=1S/C21H15BrF4N2O3/c1-28(20(30)21(25,26)10-2-4-11(22)5-3-10)17-9-31-8-16-18(17)12-6-14(23)15(24)7-13(12)19(29)27-16/h2-7,17H,8-9H2,1H3,(H,27,29). The summed E-state index contributed by atoms with van der Waals surface area (Å²) in [6, 6.07) is 5.58. The average Bonchev–Trinajstić information content (AvgIpc) is 2.74. The number of nitrogens with one attached hydrogen (secondary N) is 1. The highest BCUT2D eigenvalue weighted by Crippen LogP contribution is 2.37. The number of benzene rings is 2. The summed E-state index contributed by atoms with van der Waals surface area (Å²) in [7, 11) is 1.18. The predicted octanol–water partition coefficient (Wildman–Crippen LogP) is 4.39. The summed E-state index contributed by atoms with van der Waals surface area (Å²) in [4.78, 5) is 28.4. The zero-order valence-corrected chi connectivity index (χ0v) is 17.6. The van der Waals surface area contributed by atoms with Crippen LogP contribution in [0.5, 0.6) is 0 Å². The Kier molecular flexibility index (Phi) is 5.38. The molecule has 1 aliphatic heterocycles. The van der Waals surface area contributed by atoms with E-state index in [4.69, 9.17) is 4.74 Å². The zero-order chi connectivity index (χ0) is 22.5. The summed E-state index contributed by atoms with van der Waals surface area (Å²) in [6.45, 7) is -0.229. The number of amides is 1. The van der Waals surface area contributed by atoms with Crippen LogP contribution in [-0.2, 0) is 22.1 Å². The zero-order valence-electron chi connectivity index (χ0n) is 16.0. The van der Waals surface area contributed by atoms with Crippen molar-refractivity contribution >= 4 is 32.6 Å². The second kappa shape index (κ2) is 7.76.